The van der Waals surface area contributed by atoms with E-state index in [1.54, 1.807) is 11.3 Å². The van der Waals surface area contributed by atoms with Crippen LogP contribution in [0, 0.1) is 17.2 Å². The maximum Gasteiger partial charge on any atom is 0.407 e. The molecule has 0 aromatic carbocycles. The Morgan fingerprint density at radius 2 is 2.27 bits per heavy atom. The summed E-state index contributed by atoms with van der Waals surface area (Å²) in [5, 5.41) is 17.0. The van der Waals surface area contributed by atoms with E-state index in [9.17, 15) is 4.79 Å². The number of amides is 1. The zero-order valence-corrected chi connectivity index (χ0v) is 14.1. The third kappa shape index (κ3) is 5.66. The van der Waals surface area contributed by atoms with Gasteiger partial charge in [-0.2, -0.15) is 5.26 Å². The van der Waals surface area contributed by atoms with Gasteiger partial charge in [-0.25, -0.2) is 4.79 Å². The van der Waals surface area contributed by atoms with E-state index in [1.165, 1.54) is 12.8 Å². The van der Waals surface area contributed by atoms with Crippen molar-refractivity contribution in [1.82, 2.24) is 10.6 Å². The van der Waals surface area contributed by atoms with Crippen LogP contribution in [0.4, 0.5) is 4.79 Å². The molecule has 1 aliphatic rings. The lowest BCUT2D eigenvalue weighted by molar-refractivity contribution is 0.0521. The Hall–Kier alpha value is -1.58. The average molecular weight is 321 g/mol. The second kappa shape index (κ2) is 7.12. The SMILES string of the molecule is CC(C)(C)OC(=O)NCC(NCc1cc(C#N)cs1)C1CC1. The molecule has 0 bridgehead atoms. The molecule has 0 saturated heterocycles. The molecule has 1 atom stereocenters. The number of thiophene rings is 1. The van der Waals surface area contributed by atoms with Crippen molar-refractivity contribution in [3.8, 4) is 6.07 Å². The van der Waals surface area contributed by atoms with Crippen molar-refractivity contribution < 1.29 is 9.53 Å². The Labute approximate surface area is 135 Å². The maximum absolute atomic E-state index is 11.7. The number of carbonyl (C=O) groups is 1. The molecule has 120 valence electrons. The normalized spacial score (nSPS) is 15.9. The highest BCUT2D eigenvalue weighted by molar-refractivity contribution is 7.10. The first-order valence-corrected chi connectivity index (χ1v) is 8.43. The molecular weight excluding hydrogens is 298 g/mol. The molecule has 1 heterocycles. The van der Waals surface area contributed by atoms with Crippen LogP contribution < -0.4 is 10.6 Å². The fraction of sp³-hybridized carbons (Fsp3) is 0.625. The lowest BCUT2D eigenvalue weighted by Gasteiger charge is -2.22. The molecule has 2 rings (SSSR count). The number of ether oxygens (including phenoxy) is 1. The van der Waals surface area contributed by atoms with Gasteiger partial charge in [-0.15, -0.1) is 11.3 Å². The number of rotatable bonds is 6. The van der Waals surface area contributed by atoms with E-state index in [0.717, 1.165) is 11.4 Å². The molecule has 22 heavy (non-hydrogen) atoms. The molecule has 1 unspecified atom stereocenters. The summed E-state index contributed by atoms with van der Waals surface area (Å²) in [6.45, 7) is 6.85. The second-order valence-electron chi connectivity index (χ2n) is 6.62. The molecule has 1 fully saturated rings. The fourth-order valence-electron chi connectivity index (χ4n) is 2.18. The largest absolute Gasteiger partial charge is 0.444 e. The van der Waals surface area contributed by atoms with E-state index in [-0.39, 0.29) is 12.1 Å². The van der Waals surface area contributed by atoms with Gasteiger partial charge < -0.3 is 15.4 Å². The first-order valence-electron chi connectivity index (χ1n) is 7.55. The smallest absolute Gasteiger partial charge is 0.407 e. The summed E-state index contributed by atoms with van der Waals surface area (Å²) in [4.78, 5) is 12.9. The number of nitrogens with one attached hydrogen (secondary N) is 2. The summed E-state index contributed by atoms with van der Waals surface area (Å²) < 4.78 is 5.26. The van der Waals surface area contributed by atoms with Gasteiger partial charge in [0.1, 0.15) is 11.7 Å². The van der Waals surface area contributed by atoms with Gasteiger partial charge in [0.15, 0.2) is 0 Å². The van der Waals surface area contributed by atoms with Crippen molar-refractivity contribution in [2.24, 2.45) is 5.92 Å². The Kier molecular flexibility index (Phi) is 5.43. The molecule has 0 spiro atoms. The predicted molar refractivity (Wildman–Crippen MR) is 86.6 cm³/mol. The Bertz CT molecular complexity index is 552. The first kappa shape index (κ1) is 16.8. The Morgan fingerprint density at radius 1 is 1.55 bits per heavy atom. The number of hydrogen-bond donors (Lipinski definition) is 2. The van der Waals surface area contributed by atoms with Crippen molar-refractivity contribution >= 4 is 17.4 Å². The molecule has 2 N–H and O–H groups in total. The molecule has 1 amide bonds. The van der Waals surface area contributed by atoms with Gasteiger partial charge in [0.2, 0.25) is 0 Å². The highest BCUT2D eigenvalue weighted by atomic mass is 32.1. The van der Waals surface area contributed by atoms with Crippen LogP contribution in [0.1, 0.15) is 44.1 Å². The van der Waals surface area contributed by atoms with E-state index >= 15 is 0 Å². The summed E-state index contributed by atoms with van der Waals surface area (Å²) in [5.74, 6) is 0.616. The molecule has 0 aliphatic heterocycles. The van der Waals surface area contributed by atoms with Gasteiger partial charge in [-0.05, 0) is 45.6 Å². The fourth-order valence-corrected chi connectivity index (χ4v) is 2.94. The molecular formula is C16H23N3O2S. The van der Waals surface area contributed by atoms with Gasteiger partial charge in [0, 0.05) is 29.4 Å². The Balaban J connectivity index is 1.78. The minimum Gasteiger partial charge on any atom is -0.444 e. The zero-order chi connectivity index (χ0) is 16.2. The number of nitrogens with zero attached hydrogens (tertiary/aromatic N) is 1. The summed E-state index contributed by atoms with van der Waals surface area (Å²) in [6, 6.07) is 4.30. The zero-order valence-electron chi connectivity index (χ0n) is 13.3. The van der Waals surface area contributed by atoms with Gasteiger partial charge in [0.05, 0.1) is 5.56 Å². The van der Waals surface area contributed by atoms with Gasteiger partial charge in [-0.3, -0.25) is 0 Å². The third-order valence-corrected chi connectivity index (χ3v) is 4.31. The summed E-state index contributed by atoms with van der Waals surface area (Å²) in [5.41, 5.74) is 0.230. The summed E-state index contributed by atoms with van der Waals surface area (Å²) in [7, 11) is 0. The minimum absolute atomic E-state index is 0.250. The lowest BCUT2D eigenvalue weighted by atomic mass is 10.2. The summed E-state index contributed by atoms with van der Waals surface area (Å²) in [6.07, 6.45) is 2.02. The highest BCUT2D eigenvalue weighted by Crippen LogP contribution is 2.32. The molecule has 5 nitrogen and oxygen atoms in total. The quantitative estimate of drug-likeness (QED) is 0.844. The predicted octanol–water partition coefficient (Wildman–Crippen LogP) is 3.01. The van der Waals surface area contributed by atoms with E-state index in [4.69, 9.17) is 10.00 Å². The van der Waals surface area contributed by atoms with Crippen LogP contribution in [0.15, 0.2) is 11.4 Å². The monoisotopic (exact) mass is 321 g/mol. The molecule has 1 aliphatic carbocycles. The van der Waals surface area contributed by atoms with E-state index in [2.05, 4.69) is 16.7 Å². The van der Waals surface area contributed by atoms with E-state index < -0.39 is 5.60 Å². The third-order valence-electron chi connectivity index (χ3n) is 3.38. The highest BCUT2D eigenvalue weighted by Gasteiger charge is 2.31. The van der Waals surface area contributed by atoms with Crippen LogP contribution in [-0.2, 0) is 11.3 Å². The van der Waals surface area contributed by atoms with Crippen LogP contribution in [0.3, 0.4) is 0 Å². The number of carbonyl (C=O) groups excluding carboxylic acids is 1. The van der Waals surface area contributed by atoms with Crippen molar-refractivity contribution in [3.05, 3.63) is 21.9 Å². The maximum atomic E-state index is 11.7. The van der Waals surface area contributed by atoms with Crippen molar-refractivity contribution in [2.45, 2.75) is 51.8 Å². The van der Waals surface area contributed by atoms with Crippen LogP contribution in [0.2, 0.25) is 0 Å². The second-order valence-corrected chi connectivity index (χ2v) is 7.62. The molecule has 1 aromatic rings. The van der Waals surface area contributed by atoms with E-state index in [0.29, 0.717) is 18.0 Å². The van der Waals surface area contributed by atoms with Crippen LogP contribution in [0.5, 0.6) is 0 Å². The van der Waals surface area contributed by atoms with Gasteiger partial charge in [0.25, 0.3) is 0 Å². The first-order chi connectivity index (χ1) is 10.4. The molecule has 6 heteroatoms. The number of hydrogen-bond acceptors (Lipinski definition) is 5. The van der Waals surface area contributed by atoms with Crippen molar-refractivity contribution in [1.29, 1.82) is 5.26 Å². The topological polar surface area (TPSA) is 74.2 Å². The summed E-state index contributed by atoms with van der Waals surface area (Å²) >= 11 is 1.58. The molecule has 0 radical (unpaired) electrons. The van der Waals surface area contributed by atoms with Crippen LogP contribution in [0.25, 0.3) is 0 Å². The van der Waals surface area contributed by atoms with Crippen molar-refractivity contribution in [3.63, 3.8) is 0 Å². The van der Waals surface area contributed by atoms with Crippen LogP contribution >= 0.6 is 11.3 Å². The standard InChI is InChI=1S/C16H23N3O2S/c1-16(2,3)21-15(20)19-9-14(12-4-5-12)18-8-13-6-11(7-17)10-22-13/h6,10,12,14,18H,4-5,8-9H2,1-3H3,(H,19,20). The lowest BCUT2D eigenvalue weighted by Crippen LogP contribution is -2.43. The van der Waals surface area contributed by atoms with Gasteiger partial charge in [-0.1, -0.05) is 0 Å². The van der Waals surface area contributed by atoms with Crippen molar-refractivity contribution in [2.75, 3.05) is 6.54 Å². The number of alkyl carbamates (subject to hydrolysis) is 1. The van der Waals surface area contributed by atoms with Crippen LogP contribution in [-0.4, -0.2) is 24.3 Å². The minimum atomic E-state index is -0.475. The molecule has 1 saturated carbocycles. The van der Waals surface area contributed by atoms with E-state index in [1.807, 2.05) is 32.2 Å². The van der Waals surface area contributed by atoms with Gasteiger partial charge >= 0.3 is 6.09 Å². The molecule has 1 aromatic heterocycles. The number of nitriles is 1. The Morgan fingerprint density at radius 3 is 2.82 bits per heavy atom. The average Bonchev–Trinajstić information content (AvgIpc) is 3.15.